The summed E-state index contributed by atoms with van der Waals surface area (Å²) in [6, 6.07) is 1.65. The molecule has 106 valence electrons. The number of aliphatic hydroxyl groups is 1. The molecule has 0 aromatic carbocycles. The fraction of sp³-hybridized carbons (Fsp3) is 0.692. The average Bonchev–Trinajstić information content (AvgIpc) is 2.82. The summed E-state index contributed by atoms with van der Waals surface area (Å²) in [5.41, 5.74) is 0. The number of nitrogens with zero attached hydrogens (tertiary/aromatic N) is 2. The van der Waals surface area contributed by atoms with Gasteiger partial charge in [-0.2, -0.15) is 0 Å². The molecule has 6 heteroatoms. The molecule has 0 aliphatic carbocycles. The van der Waals surface area contributed by atoms with Crippen molar-refractivity contribution in [2.75, 3.05) is 26.3 Å². The first-order valence-electron chi connectivity index (χ1n) is 6.64. The standard InChI is InChI=1S/C13H20N2O4/c1-10-7-12(14-19-10)18-9-13(17)15-5-2-3-11(8-15)4-6-16/h7,11,16H,2-6,8-9H2,1H3. The molecule has 1 N–H and O–H groups in total. The molecule has 1 aromatic heterocycles. The zero-order valence-electron chi connectivity index (χ0n) is 11.2. The first-order chi connectivity index (χ1) is 9.19. The van der Waals surface area contributed by atoms with Gasteiger partial charge in [-0.3, -0.25) is 4.79 Å². The summed E-state index contributed by atoms with van der Waals surface area (Å²) >= 11 is 0. The van der Waals surface area contributed by atoms with Gasteiger partial charge in [-0.15, -0.1) is 0 Å². The van der Waals surface area contributed by atoms with E-state index in [0.29, 0.717) is 24.1 Å². The van der Waals surface area contributed by atoms with Crippen LogP contribution in [0.2, 0.25) is 0 Å². The monoisotopic (exact) mass is 268 g/mol. The van der Waals surface area contributed by atoms with Crippen molar-refractivity contribution in [3.63, 3.8) is 0 Å². The van der Waals surface area contributed by atoms with E-state index < -0.39 is 0 Å². The van der Waals surface area contributed by atoms with Gasteiger partial charge in [0.2, 0.25) is 0 Å². The van der Waals surface area contributed by atoms with E-state index in [4.69, 9.17) is 14.4 Å². The number of rotatable bonds is 5. The van der Waals surface area contributed by atoms with E-state index >= 15 is 0 Å². The quantitative estimate of drug-likeness (QED) is 0.861. The van der Waals surface area contributed by atoms with Gasteiger partial charge >= 0.3 is 0 Å². The van der Waals surface area contributed by atoms with Crippen LogP contribution in [0.4, 0.5) is 0 Å². The molecule has 1 amide bonds. The lowest BCUT2D eigenvalue weighted by atomic mass is 9.95. The Morgan fingerprint density at radius 3 is 3.21 bits per heavy atom. The van der Waals surface area contributed by atoms with E-state index in [2.05, 4.69) is 5.16 Å². The summed E-state index contributed by atoms with van der Waals surface area (Å²) in [6.07, 6.45) is 2.82. The maximum atomic E-state index is 12.0. The Hall–Kier alpha value is -1.56. The van der Waals surface area contributed by atoms with Crippen LogP contribution in [0.1, 0.15) is 25.0 Å². The highest BCUT2D eigenvalue weighted by Gasteiger charge is 2.23. The topological polar surface area (TPSA) is 75.8 Å². The molecule has 19 heavy (non-hydrogen) atoms. The Balaban J connectivity index is 1.79. The number of aliphatic hydroxyl groups excluding tert-OH is 1. The lowest BCUT2D eigenvalue weighted by Crippen LogP contribution is -2.42. The number of carbonyl (C=O) groups is 1. The highest BCUT2D eigenvalue weighted by atomic mass is 16.5. The van der Waals surface area contributed by atoms with E-state index in [9.17, 15) is 4.79 Å². The van der Waals surface area contributed by atoms with Crippen LogP contribution >= 0.6 is 0 Å². The molecule has 0 radical (unpaired) electrons. The summed E-state index contributed by atoms with van der Waals surface area (Å²) in [4.78, 5) is 13.8. The van der Waals surface area contributed by atoms with E-state index in [1.807, 2.05) is 0 Å². The number of piperidine rings is 1. The summed E-state index contributed by atoms with van der Waals surface area (Å²) in [7, 11) is 0. The summed E-state index contributed by atoms with van der Waals surface area (Å²) in [5, 5.41) is 12.6. The molecular weight excluding hydrogens is 248 g/mol. The fourth-order valence-electron chi connectivity index (χ4n) is 2.35. The molecule has 1 aromatic rings. The highest BCUT2D eigenvalue weighted by Crippen LogP contribution is 2.19. The lowest BCUT2D eigenvalue weighted by molar-refractivity contribution is -0.135. The molecule has 1 aliphatic rings. The van der Waals surface area contributed by atoms with Crippen LogP contribution in [0.5, 0.6) is 5.88 Å². The molecule has 1 fully saturated rings. The van der Waals surface area contributed by atoms with E-state index in [1.54, 1.807) is 17.9 Å². The number of aromatic nitrogens is 1. The van der Waals surface area contributed by atoms with Crippen molar-refractivity contribution in [3.8, 4) is 5.88 Å². The summed E-state index contributed by atoms with van der Waals surface area (Å²) < 4.78 is 10.2. The first-order valence-corrected chi connectivity index (χ1v) is 6.64. The van der Waals surface area contributed by atoms with Gasteiger partial charge in [0.25, 0.3) is 11.8 Å². The minimum atomic E-state index is -0.0386. The van der Waals surface area contributed by atoms with Crippen molar-refractivity contribution in [2.24, 2.45) is 5.92 Å². The van der Waals surface area contributed by atoms with Crippen molar-refractivity contribution in [3.05, 3.63) is 11.8 Å². The van der Waals surface area contributed by atoms with E-state index in [1.165, 1.54) is 0 Å². The number of amides is 1. The normalized spacial score (nSPS) is 19.5. The second-order valence-corrected chi connectivity index (χ2v) is 4.92. The van der Waals surface area contributed by atoms with Crippen LogP contribution in [0.3, 0.4) is 0 Å². The molecular formula is C13H20N2O4. The molecule has 1 atom stereocenters. The number of hydrogen-bond donors (Lipinski definition) is 1. The molecule has 1 saturated heterocycles. The molecule has 0 spiro atoms. The van der Waals surface area contributed by atoms with Gasteiger partial charge in [0.05, 0.1) is 0 Å². The maximum absolute atomic E-state index is 12.0. The predicted octanol–water partition coefficient (Wildman–Crippen LogP) is 0.983. The molecule has 1 aliphatic heterocycles. The number of carbonyl (C=O) groups excluding carboxylic acids is 1. The third-order valence-electron chi connectivity index (χ3n) is 3.36. The molecule has 0 bridgehead atoms. The van der Waals surface area contributed by atoms with Gasteiger partial charge in [0, 0.05) is 25.8 Å². The van der Waals surface area contributed by atoms with Crippen LogP contribution in [0.15, 0.2) is 10.6 Å². The van der Waals surface area contributed by atoms with Gasteiger partial charge in [-0.1, -0.05) is 0 Å². The molecule has 2 heterocycles. The average molecular weight is 268 g/mol. The summed E-state index contributed by atoms with van der Waals surface area (Å²) in [5.74, 6) is 1.36. The number of ether oxygens (including phenoxy) is 1. The van der Waals surface area contributed by atoms with E-state index in [0.717, 1.165) is 25.8 Å². The van der Waals surface area contributed by atoms with Crippen molar-refractivity contribution >= 4 is 5.91 Å². The van der Waals surface area contributed by atoms with Crippen LogP contribution in [0, 0.1) is 12.8 Å². The van der Waals surface area contributed by atoms with Crippen LogP contribution in [-0.2, 0) is 4.79 Å². The van der Waals surface area contributed by atoms with Crippen molar-refractivity contribution in [1.82, 2.24) is 10.1 Å². The van der Waals surface area contributed by atoms with Gasteiger partial charge in [-0.05, 0) is 37.3 Å². The van der Waals surface area contributed by atoms with Gasteiger partial charge in [0.15, 0.2) is 6.61 Å². The Kier molecular flexibility index (Phi) is 4.79. The zero-order chi connectivity index (χ0) is 13.7. The SMILES string of the molecule is Cc1cc(OCC(=O)N2CCCC(CCO)C2)no1. The van der Waals surface area contributed by atoms with Crippen molar-refractivity contribution < 1.29 is 19.2 Å². The minimum Gasteiger partial charge on any atom is -0.465 e. The van der Waals surface area contributed by atoms with Crippen LogP contribution in [-0.4, -0.2) is 47.4 Å². The molecule has 6 nitrogen and oxygen atoms in total. The molecule has 0 saturated carbocycles. The van der Waals surface area contributed by atoms with Crippen LogP contribution < -0.4 is 4.74 Å². The van der Waals surface area contributed by atoms with Gasteiger partial charge in [-0.25, -0.2) is 0 Å². The minimum absolute atomic E-state index is 0.0161. The van der Waals surface area contributed by atoms with Crippen molar-refractivity contribution in [1.29, 1.82) is 0 Å². The zero-order valence-corrected chi connectivity index (χ0v) is 11.2. The van der Waals surface area contributed by atoms with E-state index in [-0.39, 0.29) is 19.1 Å². The van der Waals surface area contributed by atoms with Gasteiger partial charge < -0.3 is 19.3 Å². The smallest absolute Gasteiger partial charge is 0.260 e. The second-order valence-electron chi connectivity index (χ2n) is 4.92. The Morgan fingerprint density at radius 2 is 2.53 bits per heavy atom. The predicted molar refractivity (Wildman–Crippen MR) is 67.7 cm³/mol. The molecule has 1 unspecified atom stereocenters. The first kappa shape index (κ1) is 13.9. The second kappa shape index (κ2) is 6.56. The highest BCUT2D eigenvalue weighted by molar-refractivity contribution is 5.77. The lowest BCUT2D eigenvalue weighted by Gasteiger charge is -2.32. The largest absolute Gasteiger partial charge is 0.465 e. The number of hydrogen-bond acceptors (Lipinski definition) is 5. The molecule has 2 rings (SSSR count). The van der Waals surface area contributed by atoms with Crippen LogP contribution in [0.25, 0.3) is 0 Å². The third-order valence-corrected chi connectivity index (χ3v) is 3.36. The van der Waals surface area contributed by atoms with Gasteiger partial charge in [0.1, 0.15) is 5.76 Å². The maximum Gasteiger partial charge on any atom is 0.260 e. The fourth-order valence-corrected chi connectivity index (χ4v) is 2.35. The Morgan fingerprint density at radius 1 is 1.68 bits per heavy atom. The number of aryl methyl sites for hydroxylation is 1. The Labute approximate surface area is 112 Å². The Bertz CT molecular complexity index is 417. The third kappa shape index (κ3) is 3.96. The summed E-state index contributed by atoms with van der Waals surface area (Å²) in [6.45, 7) is 3.41. The van der Waals surface area contributed by atoms with Crippen molar-refractivity contribution in [2.45, 2.75) is 26.2 Å². The number of likely N-dealkylation sites (tertiary alicyclic amines) is 1.